The molecule has 0 radical (unpaired) electrons. The van der Waals surface area contributed by atoms with E-state index in [0.717, 1.165) is 0 Å². The molecule has 0 spiro atoms. The Labute approximate surface area is 100 Å². The first kappa shape index (κ1) is 13.8. The molecular formula is C11H19NO5. The molecule has 0 aliphatic carbocycles. The van der Waals surface area contributed by atoms with Gasteiger partial charge in [-0.05, 0) is 27.2 Å². The monoisotopic (exact) mass is 245 g/mol. The van der Waals surface area contributed by atoms with Crippen LogP contribution in [-0.2, 0) is 14.3 Å². The third-order valence-electron chi connectivity index (χ3n) is 2.27. The van der Waals surface area contributed by atoms with E-state index in [1.807, 2.05) is 0 Å². The van der Waals surface area contributed by atoms with Crippen LogP contribution in [0.2, 0.25) is 0 Å². The molecule has 17 heavy (non-hydrogen) atoms. The Balaban J connectivity index is 2.24. The Hall–Kier alpha value is -1.30. The van der Waals surface area contributed by atoms with Crippen LogP contribution in [0, 0.1) is 0 Å². The average Bonchev–Trinajstić information content (AvgIpc) is 2.60. The summed E-state index contributed by atoms with van der Waals surface area (Å²) in [5.41, 5.74) is -0.525. The number of rotatable bonds is 3. The molecule has 1 N–H and O–H groups in total. The van der Waals surface area contributed by atoms with Crippen LogP contribution in [0.3, 0.4) is 0 Å². The maximum Gasteiger partial charge on any atom is 0.407 e. The van der Waals surface area contributed by atoms with Gasteiger partial charge in [-0.3, -0.25) is 0 Å². The van der Waals surface area contributed by atoms with Gasteiger partial charge in [-0.25, -0.2) is 9.59 Å². The van der Waals surface area contributed by atoms with Crippen LogP contribution < -0.4 is 0 Å². The minimum Gasteiger partial charge on any atom is -0.465 e. The normalized spacial score (nSPS) is 20.4. The molecule has 1 atom stereocenters. The molecule has 1 aliphatic rings. The van der Waals surface area contributed by atoms with E-state index in [2.05, 4.69) is 0 Å². The Bertz CT molecular complexity index is 297. The standard InChI is InChI=1S/C11H19NO5/c1-11(2,3)17-9(13)7-16-8-4-5-12(6-8)10(14)15/h8H,4-7H2,1-3H3,(H,14,15). The van der Waals surface area contributed by atoms with Gasteiger partial charge in [0.25, 0.3) is 0 Å². The summed E-state index contributed by atoms with van der Waals surface area (Å²) in [5.74, 6) is -0.425. The highest BCUT2D eigenvalue weighted by atomic mass is 16.6. The fourth-order valence-electron chi connectivity index (χ4n) is 1.59. The maximum atomic E-state index is 11.4. The number of ether oxygens (including phenoxy) is 2. The summed E-state index contributed by atoms with van der Waals surface area (Å²) in [4.78, 5) is 23.3. The van der Waals surface area contributed by atoms with E-state index in [1.165, 1.54) is 4.90 Å². The number of hydrogen-bond donors (Lipinski definition) is 1. The second-order valence-electron chi connectivity index (χ2n) is 5.04. The van der Waals surface area contributed by atoms with E-state index in [4.69, 9.17) is 14.6 Å². The number of carbonyl (C=O) groups is 2. The zero-order valence-corrected chi connectivity index (χ0v) is 10.4. The quantitative estimate of drug-likeness (QED) is 0.753. The molecule has 1 saturated heterocycles. The van der Waals surface area contributed by atoms with Crippen molar-refractivity contribution in [2.45, 2.75) is 38.9 Å². The first-order valence-electron chi connectivity index (χ1n) is 5.59. The fraction of sp³-hybridized carbons (Fsp3) is 0.818. The topological polar surface area (TPSA) is 76.1 Å². The van der Waals surface area contributed by atoms with Crippen molar-refractivity contribution in [3.8, 4) is 0 Å². The number of carboxylic acid groups (broad SMARTS) is 1. The van der Waals surface area contributed by atoms with Gasteiger partial charge in [0.05, 0.1) is 12.6 Å². The van der Waals surface area contributed by atoms with Crippen LogP contribution >= 0.6 is 0 Å². The van der Waals surface area contributed by atoms with Gasteiger partial charge in [0.1, 0.15) is 12.2 Å². The number of likely N-dealkylation sites (tertiary alicyclic amines) is 1. The summed E-state index contributed by atoms with van der Waals surface area (Å²) in [6.45, 7) is 5.99. The molecule has 1 aliphatic heterocycles. The van der Waals surface area contributed by atoms with E-state index in [1.54, 1.807) is 20.8 Å². The van der Waals surface area contributed by atoms with Crippen LogP contribution in [0.15, 0.2) is 0 Å². The minimum atomic E-state index is -0.951. The lowest BCUT2D eigenvalue weighted by Gasteiger charge is -2.20. The summed E-state index contributed by atoms with van der Waals surface area (Å²) in [6.07, 6.45) is -0.540. The molecule has 0 aromatic rings. The van der Waals surface area contributed by atoms with E-state index >= 15 is 0 Å². The summed E-state index contributed by atoms with van der Waals surface area (Å²) in [7, 11) is 0. The van der Waals surface area contributed by atoms with Crippen molar-refractivity contribution in [2.75, 3.05) is 19.7 Å². The lowest BCUT2D eigenvalue weighted by atomic mass is 10.2. The molecule has 0 aromatic heterocycles. The molecule has 1 fully saturated rings. The Morgan fingerprint density at radius 2 is 2.06 bits per heavy atom. The van der Waals surface area contributed by atoms with Crippen molar-refractivity contribution in [2.24, 2.45) is 0 Å². The molecular weight excluding hydrogens is 226 g/mol. The first-order valence-corrected chi connectivity index (χ1v) is 5.59. The van der Waals surface area contributed by atoms with E-state index in [9.17, 15) is 9.59 Å². The van der Waals surface area contributed by atoms with Crippen LogP contribution in [0.5, 0.6) is 0 Å². The molecule has 0 saturated carbocycles. The summed E-state index contributed by atoms with van der Waals surface area (Å²) in [6, 6.07) is 0. The molecule has 1 unspecified atom stereocenters. The third-order valence-corrected chi connectivity index (χ3v) is 2.27. The molecule has 6 nitrogen and oxygen atoms in total. The van der Waals surface area contributed by atoms with E-state index < -0.39 is 17.7 Å². The second kappa shape index (κ2) is 5.35. The second-order valence-corrected chi connectivity index (χ2v) is 5.04. The Kier molecular flexibility index (Phi) is 4.34. The SMILES string of the molecule is CC(C)(C)OC(=O)COC1CCN(C(=O)O)C1. The van der Waals surface area contributed by atoms with Crippen molar-refractivity contribution in [3.05, 3.63) is 0 Å². The molecule has 1 heterocycles. The number of amides is 1. The van der Waals surface area contributed by atoms with Gasteiger partial charge < -0.3 is 19.5 Å². The zero-order chi connectivity index (χ0) is 13.1. The fourth-order valence-corrected chi connectivity index (χ4v) is 1.59. The molecule has 1 amide bonds. The van der Waals surface area contributed by atoms with Crippen molar-refractivity contribution in [3.63, 3.8) is 0 Å². The van der Waals surface area contributed by atoms with Gasteiger partial charge in [0, 0.05) is 6.54 Å². The number of hydrogen-bond acceptors (Lipinski definition) is 4. The number of esters is 1. The van der Waals surface area contributed by atoms with Crippen molar-refractivity contribution >= 4 is 12.1 Å². The Morgan fingerprint density at radius 3 is 2.53 bits per heavy atom. The Morgan fingerprint density at radius 1 is 1.41 bits per heavy atom. The maximum absolute atomic E-state index is 11.4. The van der Waals surface area contributed by atoms with Gasteiger partial charge in [-0.1, -0.05) is 0 Å². The zero-order valence-electron chi connectivity index (χ0n) is 10.4. The van der Waals surface area contributed by atoms with Crippen LogP contribution in [-0.4, -0.2) is 53.5 Å². The third kappa shape index (κ3) is 5.04. The predicted octanol–water partition coefficient (Wildman–Crippen LogP) is 1.10. The van der Waals surface area contributed by atoms with Crippen molar-refractivity contribution < 1.29 is 24.2 Å². The summed E-state index contributed by atoms with van der Waals surface area (Å²) < 4.78 is 10.4. The number of nitrogens with zero attached hydrogens (tertiary/aromatic N) is 1. The van der Waals surface area contributed by atoms with E-state index in [0.29, 0.717) is 19.5 Å². The van der Waals surface area contributed by atoms with Gasteiger partial charge >= 0.3 is 12.1 Å². The molecule has 0 aromatic carbocycles. The lowest BCUT2D eigenvalue weighted by molar-refractivity contribution is -0.162. The highest BCUT2D eigenvalue weighted by Gasteiger charge is 2.27. The number of carbonyl (C=O) groups excluding carboxylic acids is 1. The average molecular weight is 245 g/mol. The highest BCUT2D eigenvalue weighted by Crippen LogP contribution is 2.13. The smallest absolute Gasteiger partial charge is 0.407 e. The molecule has 98 valence electrons. The van der Waals surface area contributed by atoms with Gasteiger partial charge in [0.2, 0.25) is 0 Å². The lowest BCUT2D eigenvalue weighted by Crippen LogP contribution is -2.31. The largest absolute Gasteiger partial charge is 0.465 e. The van der Waals surface area contributed by atoms with Gasteiger partial charge in [-0.15, -0.1) is 0 Å². The first-order chi connectivity index (χ1) is 7.78. The van der Waals surface area contributed by atoms with Gasteiger partial charge in [0.15, 0.2) is 0 Å². The van der Waals surface area contributed by atoms with Gasteiger partial charge in [-0.2, -0.15) is 0 Å². The molecule has 0 bridgehead atoms. The predicted molar refractivity (Wildman–Crippen MR) is 59.8 cm³/mol. The summed E-state index contributed by atoms with van der Waals surface area (Å²) in [5, 5.41) is 8.74. The van der Waals surface area contributed by atoms with Crippen molar-refractivity contribution in [1.82, 2.24) is 4.90 Å². The van der Waals surface area contributed by atoms with E-state index in [-0.39, 0.29) is 12.7 Å². The van der Waals surface area contributed by atoms with Crippen molar-refractivity contribution in [1.29, 1.82) is 0 Å². The molecule has 1 rings (SSSR count). The molecule has 6 heteroatoms. The highest BCUT2D eigenvalue weighted by molar-refractivity contribution is 5.71. The minimum absolute atomic E-state index is 0.130. The van der Waals surface area contributed by atoms with Crippen LogP contribution in [0.1, 0.15) is 27.2 Å². The van der Waals surface area contributed by atoms with Crippen LogP contribution in [0.4, 0.5) is 4.79 Å². The summed E-state index contributed by atoms with van der Waals surface area (Å²) >= 11 is 0. The van der Waals surface area contributed by atoms with Crippen LogP contribution in [0.25, 0.3) is 0 Å².